The van der Waals surface area contributed by atoms with Gasteiger partial charge in [0.2, 0.25) is 10.0 Å². The maximum Gasteiger partial charge on any atom is 0.333 e. The minimum absolute atomic E-state index is 0.123. The van der Waals surface area contributed by atoms with Gasteiger partial charge in [0.05, 0.1) is 16.5 Å². The van der Waals surface area contributed by atoms with Crippen molar-refractivity contribution >= 4 is 16.0 Å². The zero-order valence-electron chi connectivity index (χ0n) is 17.7. The number of rotatable bonds is 8. The summed E-state index contributed by atoms with van der Waals surface area (Å²) in [5.41, 5.74) is 2.73. The second-order valence-corrected chi connectivity index (χ2v) is 9.80. The molecule has 0 fully saturated rings. The van der Waals surface area contributed by atoms with Crippen LogP contribution in [0.5, 0.6) is 0 Å². The molecule has 160 valence electrons. The second kappa shape index (κ2) is 9.14. The normalized spacial score (nSPS) is 19.6. The van der Waals surface area contributed by atoms with Crippen LogP contribution in [-0.4, -0.2) is 29.8 Å². The fourth-order valence-corrected chi connectivity index (χ4v) is 5.78. The lowest BCUT2D eigenvalue weighted by Gasteiger charge is -2.31. The summed E-state index contributed by atoms with van der Waals surface area (Å²) in [6.07, 6.45) is 5.05. The average Bonchev–Trinajstić information content (AvgIpc) is 3.09. The molecular formula is C24H29NO4S. The summed E-state index contributed by atoms with van der Waals surface area (Å²) in [7, 11) is -3.90. The maximum absolute atomic E-state index is 13.7. The molecule has 1 heterocycles. The molecule has 1 aliphatic rings. The van der Waals surface area contributed by atoms with Crippen LogP contribution in [-0.2, 0) is 14.8 Å². The van der Waals surface area contributed by atoms with E-state index >= 15 is 0 Å². The highest BCUT2D eigenvalue weighted by Gasteiger charge is 2.45. The predicted molar refractivity (Wildman–Crippen MR) is 118 cm³/mol. The van der Waals surface area contributed by atoms with Gasteiger partial charge in [-0.15, -0.1) is 0 Å². The summed E-state index contributed by atoms with van der Waals surface area (Å²) >= 11 is 0. The van der Waals surface area contributed by atoms with E-state index in [1.54, 1.807) is 36.4 Å². The number of carboxylic acid groups (broad SMARTS) is 1. The molecule has 2 aromatic carbocycles. The van der Waals surface area contributed by atoms with Crippen LogP contribution >= 0.6 is 0 Å². The van der Waals surface area contributed by atoms with Gasteiger partial charge in [-0.05, 0) is 38.0 Å². The molecule has 2 atom stereocenters. The lowest BCUT2D eigenvalue weighted by Crippen LogP contribution is -2.39. The molecule has 0 radical (unpaired) electrons. The van der Waals surface area contributed by atoms with Crippen LogP contribution in [0.2, 0.25) is 0 Å². The Labute approximate surface area is 179 Å². The molecule has 1 aliphatic heterocycles. The van der Waals surface area contributed by atoms with Gasteiger partial charge in [-0.2, -0.15) is 4.31 Å². The highest BCUT2D eigenvalue weighted by molar-refractivity contribution is 7.89. The Morgan fingerprint density at radius 1 is 1.03 bits per heavy atom. The Hall–Kier alpha value is -2.44. The van der Waals surface area contributed by atoms with E-state index in [2.05, 4.69) is 6.92 Å². The molecule has 30 heavy (non-hydrogen) atoms. The second-order valence-electron chi connectivity index (χ2n) is 7.95. The van der Waals surface area contributed by atoms with Gasteiger partial charge in [0, 0.05) is 6.04 Å². The fraction of sp³-hybridized carbons (Fsp3) is 0.375. The molecular weight excluding hydrogens is 398 g/mol. The topological polar surface area (TPSA) is 74.7 Å². The molecule has 0 amide bonds. The van der Waals surface area contributed by atoms with Crippen LogP contribution in [0.3, 0.4) is 0 Å². The van der Waals surface area contributed by atoms with Crippen LogP contribution in [0.1, 0.15) is 55.3 Å². The predicted octanol–water partition coefficient (Wildman–Crippen LogP) is 5.01. The van der Waals surface area contributed by atoms with E-state index in [0.717, 1.165) is 30.4 Å². The average molecular weight is 428 g/mol. The van der Waals surface area contributed by atoms with Crippen molar-refractivity contribution < 1.29 is 18.3 Å². The first-order valence-electron chi connectivity index (χ1n) is 10.4. The maximum atomic E-state index is 13.7. The smallest absolute Gasteiger partial charge is 0.333 e. The first-order chi connectivity index (χ1) is 14.3. The Kier molecular flexibility index (Phi) is 6.78. The van der Waals surface area contributed by atoms with Gasteiger partial charge < -0.3 is 5.11 Å². The first-order valence-corrected chi connectivity index (χ1v) is 11.8. The summed E-state index contributed by atoms with van der Waals surface area (Å²) in [6, 6.07) is 12.8. The summed E-state index contributed by atoms with van der Waals surface area (Å²) < 4.78 is 28.9. The number of carbonyl (C=O) groups is 1. The van der Waals surface area contributed by atoms with E-state index in [0.29, 0.717) is 12.0 Å². The Balaban J connectivity index is 2.13. The van der Waals surface area contributed by atoms with Gasteiger partial charge in [0.1, 0.15) is 0 Å². The molecule has 0 aliphatic carbocycles. The zero-order valence-corrected chi connectivity index (χ0v) is 18.5. The summed E-state index contributed by atoms with van der Waals surface area (Å²) in [6.45, 7) is 5.91. The van der Waals surface area contributed by atoms with Crippen molar-refractivity contribution in [1.82, 2.24) is 4.31 Å². The Morgan fingerprint density at radius 3 is 2.33 bits per heavy atom. The number of hydrogen-bond acceptors (Lipinski definition) is 3. The summed E-state index contributed by atoms with van der Waals surface area (Å²) in [4.78, 5) is 12.3. The molecule has 0 saturated carbocycles. The fourth-order valence-electron chi connectivity index (χ4n) is 4.02. The zero-order chi connectivity index (χ0) is 21.9. The van der Waals surface area contributed by atoms with E-state index in [4.69, 9.17) is 0 Å². The highest BCUT2D eigenvalue weighted by atomic mass is 32.2. The van der Waals surface area contributed by atoms with Crippen molar-refractivity contribution in [2.45, 2.75) is 63.4 Å². The minimum Gasteiger partial charge on any atom is -0.478 e. The molecule has 0 unspecified atom stereocenters. The van der Waals surface area contributed by atoms with Crippen molar-refractivity contribution in [3.05, 3.63) is 76.9 Å². The number of sulfonamides is 1. The number of unbranched alkanes of at least 4 members (excludes halogenated alkanes) is 2. The minimum atomic E-state index is -3.90. The van der Waals surface area contributed by atoms with Crippen molar-refractivity contribution in [2.75, 3.05) is 0 Å². The van der Waals surface area contributed by atoms with E-state index in [9.17, 15) is 18.3 Å². The van der Waals surface area contributed by atoms with Crippen molar-refractivity contribution in [2.24, 2.45) is 0 Å². The van der Waals surface area contributed by atoms with Gasteiger partial charge >= 0.3 is 5.97 Å². The van der Waals surface area contributed by atoms with Gasteiger partial charge in [0.25, 0.3) is 0 Å². The van der Waals surface area contributed by atoms with E-state index < -0.39 is 28.1 Å². The van der Waals surface area contributed by atoms with Crippen molar-refractivity contribution in [3.63, 3.8) is 0 Å². The van der Waals surface area contributed by atoms with Crippen LogP contribution in [0.15, 0.2) is 65.1 Å². The third kappa shape index (κ3) is 4.50. The molecule has 6 heteroatoms. The highest BCUT2D eigenvalue weighted by Crippen LogP contribution is 2.42. The SMILES string of the molecule is CCCCC[C@@H]1C=C(C(=O)O)[C@H](c2cccc(C)c2)N1S(=O)(=O)c1ccc(C)cc1. The monoisotopic (exact) mass is 427 g/mol. The van der Waals surface area contributed by atoms with Crippen LogP contribution in [0, 0.1) is 13.8 Å². The molecule has 0 spiro atoms. The van der Waals surface area contributed by atoms with Gasteiger partial charge in [-0.25, -0.2) is 13.2 Å². The molecule has 0 saturated heterocycles. The lowest BCUT2D eigenvalue weighted by atomic mass is 9.99. The Bertz CT molecular complexity index is 1040. The van der Waals surface area contributed by atoms with Crippen LogP contribution in [0.25, 0.3) is 0 Å². The van der Waals surface area contributed by atoms with Gasteiger partial charge in [-0.1, -0.05) is 79.8 Å². The van der Waals surface area contributed by atoms with Crippen molar-refractivity contribution in [3.8, 4) is 0 Å². The van der Waals surface area contributed by atoms with Crippen LogP contribution in [0.4, 0.5) is 0 Å². The third-order valence-corrected chi connectivity index (χ3v) is 7.46. The number of nitrogens with zero attached hydrogens (tertiary/aromatic N) is 1. The number of hydrogen-bond donors (Lipinski definition) is 1. The summed E-state index contributed by atoms with van der Waals surface area (Å²) in [5.74, 6) is -1.08. The van der Waals surface area contributed by atoms with Crippen molar-refractivity contribution in [1.29, 1.82) is 0 Å². The molecule has 5 nitrogen and oxygen atoms in total. The standard InChI is InChI=1S/C24H29NO4S/c1-4-5-6-10-20-16-22(24(26)27)23(19-9-7-8-18(3)15-19)25(20)30(28,29)21-13-11-17(2)12-14-21/h7-9,11-16,20,23H,4-6,10H2,1-3H3,(H,26,27)/t20-,23+/m1/s1. The first kappa shape index (κ1) is 22.2. The molecule has 3 rings (SSSR count). The van der Waals surface area contributed by atoms with E-state index in [-0.39, 0.29) is 10.5 Å². The third-order valence-electron chi connectivity index (χ3n) is 5.55. The molecule has 0 bridgehead atoms. The molecule has 2 aromatic rings. The van der Waals surface area contributed by atoms with Gasteiger partial charge in [-0.3, -0.25) is 0 Å². The van der Waals surface area contributed by atoms with E-state index in [1.807, 2.05) is 32.0 Å². The van der Waals surface area contributed by atoms with E-state index in [1.165, 1.54) is 4.31 Å². The van der Waals surface area contributed by atoms with Gasteiger partial charge in [0.15, 0.2) is 0 Å². The largest absolute Gasteiger partial charge is 0.478 e. The number of benzene rings is 2. The summed E-state index contributed by atoms with van der Waals surface area (Å²) in [5, 5.41) is 9.90. The molecule has 0 aromatic heterocycles. The molecule has 1 N–H and O–H groups in total. The number of carboxylic acids is 1. The van der Waals surface area contributed by atoms with Crippen LogP contribution < -0.4 is 0 Å². The quantitative estimate of drug-likeness (QED) is 0.601. The Morgan fingerprint density at radius 2 is 1.73 bits per heavy atom. The number of aliphatic carboxylic acids is 1. The number of aryl methyl sites for hydroxylation is 2. The lowest BCUT2D eigenvalue weighted by molar-refractivity contribution is -0.133.